The van der Waals surface area contributed by atoms with Crippen molar-refractivity contribution in [3.63, 3.8) is 0 Å². The number of carbonyl (C=O) groups excluding carboxylic acids is 1. The fraction of sp³-hybridized carbons (Fsp3) is 0.750. The number of thiazole rings is 1. The molecule has 0 spiro atoms. The average molecular weight is 362 g/mol. The summed E-state index contributed by atoms with van der Waals surface area (Å²) in [5.41, 5.74) is -0.743. The number of alkyl carbamates (subject to hydrolysis) is 1. The summed E-state index contributed by atoms with van der Waals surface area (Å²) in [4.78, 5) is 16.1. The zero-order valence-corrected chi connectivity index (χ0v) is 16.4. The summed E-state index contributed by atoms with van der Waals surface area (Å²) >= 11 is 7.37. The molecule has 5 nitrogen and oxygen atoms in total. The van der Waals surface area contributed by atoms with E-state index in [4.69, 9.17) is 16.3 Å². The van der Waals surface area contributed by atoms with Crippen molar-refractivity contribution in [1.82, 2.24) is 15.6 Å². The first-order valence-electron chi connectivity index (χ1n) is 7.81. The fourth-order valence-electron chi connectivity index (χ4n) is 2.35. The van der Waals surface area contributed by atoms with E-state index in [0.29, 0.717) is 23.3 Å². The number of nitrogens with one attached hydrogen (secondary N) is 2. The SMILES string of the molecule is CC(C)CC(C)(CNC(=O)OC(C)(C)C)NCc1ncc(Cl)s1. The molecule has 0 aliphatic heterocycles. The number of carbonyl (C=O) groups is 1. The molecule has 1 unspecified atom stereocenters. The summed E-state index contributed by atoms with van der Waals surface area (Å²) in [6.07, 6.45) is 2.18. The third-order valence-electron chi connectivity index (χ3n) is 3.07. The van der Waals surface area contributed by atoms with E-state index in [1.54, 1.807) is 6.20 Å². The zero-order chi connectivity index (χ0) is 17.7. The maximum Gasteiger partial charge on any atom is 0.407 e. The molecule has 0 aliphatic carbocycles. The van der Waals surface area contributed by atoms with E-state index in [9.17, 15) is 4.79 Å². The molecule has 0 aliphatic rings. The number of amides is 1. The Hall–Kier alpha value is -0.850. The molecule has 1 rings (SSSR count). The Balaban J connectivity index is 2.60. The van der Waals surface area contributed by atoms with Crippen molar-refractivity contribution >= 4 is 29.0 Å². The van der Waals surface area contributed by atoms with E-state index in [2.05, 4.69) is 36.4 Å². The van der Waals surface area contributed by atoms with Crippen molar-refractivity contribution < 1.29 is 9.53 Å². The van der Waals surface area contributed by atoms with Crippen molar-refractivity contribution in [3.8, 4) is 0 Å². The predicted octanol–water partition coefficient (Wildman–Crippen LogP) is 4.22. The third kappa shape index (κ3) is 8.53. The standard InChI is InChI=1S/C16H28ClN3O2S/c1-11(2)7-16(6,10-19-14(21)22-15(3,4)5)20-9-13-18-8-12(17)23-13/h8,11,20H,7,9-10H2,1-6H3,(H,19,21). The molecule has 1 heterocycles. The molecule has 1 aromatic heterocycles. The number of nitrogens with zero attached hydrogens (tertiary/aromatic N) is 1. The summed E-state index contributed by atoms with van der Waals surface area (Å²) in [5, 5.41) is 7.29. The smallest absolute Gasteiger partial charge is 0.407 e. The zero-order valence-electron chi connectivity index (χ0n) is 14.8. The maximum absolute atomic E-state index is 11.9. The average Bonchev–Trinajstić information content (AvgIpc) is 2.77. The van der Waals surface area contributed by atoms with Crippen molar-refractivity contribution in [2.75, 3.05) is 6.54 Å². The van der Waals surface area contributed by atoms with Crippen LogP contribution in [0.15, 0.2) is 6.20 Å². The van der Waals surface area contributed by atoms with Gasteiger partial charge < -0.3 is 15.4 Å². The van der Waals surface area contributed by atoms with Gasteiger partial charge in [-0.05, 0) is 40.0 Å². The van der Waals surface area contributed by atoms with Gasteiger partial charge in [0.15, 0.2) is 0 Å². The van der Waals surface area contributed by atoms with Crippen LogP contribution >= 0.6 is 22.9 Å². The summed E-state index contributed by atoms with van der Waals surface area (Å²) < 4.78 is 5.98. The van der Waals surface area contributed by atoms with Gasteiger partial charge in [-0.1, -0.05) is 25.4 Å². The van der Waals surface area contributed by atoms with Gasteiger partial charge in [-0.25, -0.2) is 9.78 Å². The Morgan fingerprint density at radius 2 is 2.04 bits per heavy atom. The monoisotopic (exact) mass is 361 g/mol. The minimum absolute atomic E-state index is 0.247. The molecule has 7 heteroatoms. The molecular weight excluding hydrogens is 334 g/mol. The van der Waals surface area contributed by atoms with Crippen LogP contribution in [-0.2, 0) is 11.3 Å². The van der Waals surface area contributed by atoms with Gasteiger partial charge in [-0.15, -0.1) is 11.3 Å². The van der Waals surface area contributed by atoms with Crippen LogP contribution < -0.4 is 10.6 Å². The first kappa shape index (κ1) is 20.2. The van der Waals surface area contributed by atoms with E-state index in [1.165, 1.54) is 11.3 Å². The highest BCUT2D eigenvalue weighted by molar-refractivity contribution is 7.15. The molecule has 132 valence electrons. The number of hydrogen-bond acceptors (Lipinski definition) is 5. The Bertz CT molecular complexity index is 514. The molecule has 0 bridgehead atoms. The van der Waals surface area contributed by atoms with Gasteiger partial charge in [0.05, 0.1) is 6.20 Å². The molecular formula is C16H28ClN3O2S. The third-order valence-corrected chi connectivity index (χ3v) is 4.19. The minimum atomic E-state index is -0.496. The van der Waals surface area contributed by atoms with Gasteiger partial charge in [-0.3, -0.25) is 0 Å². The second-order valence-corrected chi connectivity index (χ2v) is 9.17. The van der Waals surface area contributed by atoms with Gasteiger partial charge in [0.25, 0.3) is 0 Å². The van der Waals surface area contributed by atoms with Crippen LogP contribution in [-0.4, -0.2) is 28.8 Å². The van der Waals surface area contributed by atoms with Crippen LogP contribution in [0.5, 0.6) is 0 Å². The molecule has 2 N–H and O–H groups in total. The lowest BCUT2D eigenvalue weighted by Crippen LogP contribution is -2.52. The second-order valence-electron chi connectivity index (χ2n) is 7.43. The van der Waals surface area contributed by atoms with E-state index in [0.717, 1.165) is 11.4 Å². The van der Waals surface area contributed by atoms with E-state index in [1.807, 2.05) is 20.8 Å². The van der Waals surface area contributed by atoms with Crippen molar-refractivity contribution in [3.05, 3.63) is 15.5 Å². The number of hydrogen-bond donors (Lipinski definition) is 2. The molecule has 0 fully saturated rings. The summed E-state index contributed by atoms with van der Waals surface area (Å²) in [7, 11) is 0. The number of aromatic nitrogens is 1. The van der Waals surface area contributed by atoms with Crippen molar-refractivity contribution in [2.24, 2.45) is 5.92 Å². The van der Waals surface area contributed by atoms with E-state index < -0.39 is 11.7 Å². The normalized spacial score (nSPS) is 14.6. The molecule has 0 saturated heterocycles. The van der Waals surface area contributed by atoms with Crippen LogP contribution in [0.25, 0.3) is 0 Å². The van der Waals surface area contributed by atoms with Gasteiger partial charge in [0.2, 0.25) is 0 Å². The van der Waals surface area contributed by atoms with Crippen LogP contribution in [0.3, 0.4) is 0 Å². The highest BCUT2D eigenvalue weighted by Crippen LogP contribution is 2.21. The van der Waals surface area contributed by atoms with Gasteiger partial charge >= 0.3 is 6.09 Å². The lowest BCUT2D eigenvalue weighted by molar-refractivity contribution is 0.0507. The molecule has 0 saturated carbocycles. The summed E-state index contributed by atoms with van der Waals surface area (Å²) in [6, 6.07) is 0. The predicted molar refractivity (Wildman–Crippen MR) is 96.1 cm³/mol. The lowest BCUT2D eigenvalue weighted by Gasteiger charge is -2.33. The van der Waals surface area contributed by atoms with Crippen LogP contribution in [0, 0.1) is 5.92 Å². The molecule has 1 amide bonds. The topological polar surface area (TPSA) is 63.2 Å². The van der Waals surface area contributed by atoms with E-state index in [-0.39, 0.29) is 5.54 Å². The Kier molecular flexibility index (Phi) is 7.29. The first-order valence-corrected chi connectivity index (χ1v) is 9.01. The Morgan fingerprint density at radius 1 is 1.39 bits per heavy atom. The largest absolute Gasteiger partial charge is 0.444 e. The molecule has 0 aromatic carbocycles. The van der Waals surface area contributed by atoms with Gasteiger partial charge in [0.1, 0.15) is 14.9 Å². The fourth-order valence-corrected chi connectivity index (χ4v) is 3.24. The highest BCUT2D eigenvalue weighted by atomic mass is 35.5. The second kappa shape index (κ2) is 8.31. The minimum Gasteiger partial charge on any atom is -0.444 e. The first-order chi connectivity index (χ1) is 10.5. The van der Waals surface area contributed by atoms with Gasteiger partial charge in [0, 0.05) is 18.6 Å². The highest BCUT2D eigenvalue weighted by Gasteiger charge is 2.27. The summed E-state index contributed by atoms with van der Waals surface area (Å²) in [5.74, 6) is 0.493. The molecule has 1 aromatic rings. The molecule has 23 heavy (non-hydrogen) atoms. The van der Waals surface area contributed by atoms with Crippen LogP contribution in [0.1, 0.15) is 53.0 Å². The molecule has 1 atom stereocenters. The van der Waals surface area contributed by atoms with Crippen LogP contribution in [0.2, 0.25) is 4.34 Å². The van der Waals surface area contributed by atoms with Crippen molar-refractivity contribution in [2.45, 2.75) is 65.6 Å². The Morgan fingerprint density at radius 3 is 2.52 bits per heavy atom. The summed E-state index contributed by atoms with van der Waals surface area (Å²) in [6.45, 7) is 13.1. The maximum atomic E-state index is 11.9. The van der Waals surface area contributed by atoms with Crippen LogP contribution in [0.4, 0.5) is 4.79 Å². The number of ether oxygens (including phenoxy) is 1. The quantitative estimate of drug-likeness (QED) is 0.763. The van der Waals surface area contributed by atoms with E-state index >= 15 is 0 Å². The van der Waals surface area contributed by atoms with Gasteiger partial charge in [-0.2, -0.15) is 0 Å². The number of rotatable bonds is 7. The Labute approximate surface area is 148 Å². The number of halogens is 1. The molecule has 0 radical (unpaired) electrons. The lowest BCUT2D eigenvalue weighted by atomic mass is 9.90. The van der Waals surface area contributed by atoms with Crippen molar-refractivity contribution in [1.29, 1.82) is 0 Å².